The second kappa shape index (κ2) is 5.98. The SMILES string of the molecule is CN(Cc1ccccc1CN)C(=O)C1CCCO1. The number of amides is 1. The van der Waals surface area contributed by atoms with Crippen molar-refractivity contribution in [3.63, 3.8) is 0 Å². The van der Waals surface area contributed by atoms with E-state index >= 15 is 0 Å². The van der Waals surface area contributed by atoms with Gasteiger partial charge in [0.15, 0.2) is 0 Å². The predicted molar refractivity (Wildman–Crippen MR) is 69.8 cm³/mol. The average molecular weight is 248 g/mol. The molecule has 1 saturated heterocycles. The lowest BCUT2D eigenvalue weighted by Gasteiger charge is -2.21. The number of hydrogen-bond donors (Lipinski definition) is 1. The van der Waals surface area contributed by atoms with Crippen LogP contribution in [0.15, 0.2) is 24.3 Å². The van der Waals surface area contributed by atoms with Gasteiger partial charge in [-0.1, -0.05) is 24.3 Å². The molecule has 1 aliphatic heterocycles. The van der Waals surface area contributed by atoms with Crippen LogP contribution in [0.4, 0.5) is 0 Å². The molecular weight excluding hydrogens is 228 g/mol. The maximum absolute atomic E-state index is 12.1. The molecule has 4 heteroatoms. The zero-order valence-corrected chi connectivity index (χ0v) is 10.8. The fourth-order valence-electron chi connectivity index (χ4n) is 2.26. The zero-order chi connectivity index (χ0) is 13.0. The van der Waals surface area contributed by atoms with E-state index in [0.29, 0.717) is 19.7 Å². The molecule has 98 valence electrons. The van der Waals surface area contributed by atoms with Gasteiger partial charge in [-0.15, -0.1) is 0 Å². The normalized spacial score (nSPS) is 18.9. The lowest BCUT2D eigenvalue weighted by atomic mass is 10.1. The Morgan fingerprint density at radius 3 is 2.78 bits per heavy atom. The molecule has 0 aliphatic carbocycles. The molecule has 0 aromatic heterocycles. The molecule has 4 nitrogen and oxygen atoms in total. The lowest BCUT2D eigenvalue weighted by molar-refractivity contribution is -0.140. The number of nitrogens with zero attached hydrogens (tertiary/aromatic N) is 1. The number of benzene rings is 1. The van der Waals surface area contributed by atoms with E-state index in [1.54, 1.807) is 4.90 Å². The van der Waals surface area contributed by atoms with Crippen molar-refractivity contribution < 1.29 is 9.53 Å². The van der Waals surface area contributed by atoms with Crippen LogP contribution in [-0.4, -0.2) is 30.6 Å². The van der Waals surface area contributed by atoms with Gasteiger partial charge in [-0.25, -0.2) is 0 Å². The van der Waals surface area contributed by atoms with E-state index in [4.69, 9.17) is 10.5 Å². The summed E-state index contributed by atoms with van der Waals surface area (Å²) in [6.07, 6.45) is 1.56. The van der Waals surface area contributed by atoms with E-state index in [9.17, 15) is 4.79 Å². The van der Waals surface area contributed by atoms with E-state index in [1.807, 2.05) is 31.3 Å². The van der Waals surface area contributed by atoms with E-state index in [-0.39, 0.29) is 12.0 Å². The maximum Gasteiger partial charge on any atom is 0.251 e. The Balaban J connectivity index is 2.01. The molecule has 1 unspecified atom stereocenters. The van der Waals surface area contributed by atoms with Gasteiger partial charge in [0.05, 0.1) is 0 Å². The first-order valence-electron chi connectivity index (χ1n) is 6.36. The summed E-state index contributed by atoms with van der Waals surface area (Å²) < 4.78 is 5.41. The highest BCUT2D eigenvalue weighted by Gasteiger charge is 2.26. The second-order valence-electron chi connectivity index (χ2n) is 4.67. The van der Waals surface area contributed by atoms with Crippen LogP contribution >= 0.6 is 0 Å². The molecule has 1 heterocycles. The molecule has 0 spiro atoms. The maximum atomic E-state index is 12.1. The monoisotopic (exact) mass is 248 g/mol. The van der Waals surface area contributed by atoms with Crippen LogP contribution in [0.3, 0.4) is 0 Å². The molecule has 0 saturated carbocycles. The third-order valence-corrected chi connectivity index (χ3v) is 3.33. The van der Waals surface area contributed by atoms with Crippen LogP contribution in [0.25, 0.3) is 0 Å². The number of carbonyl (C=O) groups is 1. The summed E-state index contributed by atoms with van der Waals surface area (Å²) >= 11 is 0. The molecule has 2 rings (SSSR count). The van der Waals surface area contributed by atoms with Crippen molar-refractivity contribution >= 4 is 5.91 Å². The Bertz CT molecular complexity index is 414. The molecule has 1 aliphatic rings. The summed E-state index contributed by atoms with van der Waals surface area (Å²) in [6, 6.07) is 7.95. The third-order valence-electron chi connectivity index (χ3n) is 3.33. The second-order valence-corrected chi connectivity index (χ2v) is 4.67. The molecule has 0 radical (unpaired) electrons. The first-order valence-corrected chi connectivity index (χ1v) is 6.36. The summed E-state index contributed by atoms with van der Waals surface area (Å²) in [6.45, 7) is 1.79. The molecule has 1 atom stereocenters. The Labute approximate surface area is 108 Å². The average Bonchev–Trinajstić information content (AvgIpc) is 2.92. The van der Waals surface area contributed by atoms with Crippen molar-refractivity contribution in [2.45, 2.75) is 32.0 Å². The van der Waals surface area contributed by atoms with Gasteiger partial charge in [-0.3, -0.25) is 4.79 Å². The Morgan fingerprint density at radius 1 is 1.44 bits per heavy atom. The fraction of sp³-hybridized carbons (Fsp3) is 0.500. The van der Waals surface area contributed by atoms with Gasteiger partial charge in [0, 0.05) is 26.7 Å². The molecule has 0 bridgehead atoms. The molecule has 1 amide bonds. The summed E-state index contributed by atoms with van der Waals surface area (Å²) in [5, 5.41) is 0. The first kappa shape index (κ1) is 13.1. The van der Waals surface area contributed by atoms with Gasteiger partial charge in [-0.05, 0) is 24.0 Å². The van der Waals surface area contributed by atoms with Crippen LogP contribution in [0.5, 0.6) is 0 Å². The van der Waals surface area contributed by atoms with Gasteiger partial charge < -0.3 is 15.4 Å². The fourth-order valence-corrected chi connectivity index (χ4v) is 2.26. The van der Waals surface area contributed by atoms with Gasteiger partial charge in [0.25, 0.3) is 5.91 Å². The van der Waals surface area contributed by atoms with Crippen molar-refractivity contribution in [1.82, 2.24) is 4.90 Å². The highest BCUT2D eigenvalue weighted by atomic mass is 16.5. The van der Waals surface area contributed by atoms with Crippen LogP contribution in [0, 0.1) is 0 Å². The van der Waals surface area contributed by atoms with Gasteiger partial charge >= 0.3 is 0 Å². The topological polar surface area (TPSA) is 55.6 Å². The summed E-state index contributed by atoms with van der Waals surface area (Å²) in [5.41, 5.74) is 7.89. The van der Waals surface area contributed by atoms with Gasteiger partial charge in [0.1, 0.15) is 6.10 Å². The molecule has 1 aromatic rings. The van der Waals surface area contributed by atoms with Crippen LogP contribution in [-0.2, 0) is 22.6 Å². The number of ether oxygens (including phenoxy) is 1. The molecule has 2 N–H and O–H groups in total. The number of likely N-dealkylation sites (N-methyl/N-ethyl adjacent to an activating group) is 1. The van der Waals surface area contributed by atoms with Crippen molar-refractivity contribution in [2.75, 3.05) is 13.7 Å². The lowest BCUT2D eigenvalue weighted by Crippen LogP contribution is -2.35. The van der Waals surface area contributed by atoms with Crippen LogP contribution < -0.4 is 5.73 Å². The minimum absolute atomic E-state index is 0.0688. The van der Waals surface area contributed by atoms with Crippen molar-refractivity contribution in [3.05, 3.63) is 35.4 Å². The zero-order valence-electron chi connectivity index (χ0n) is 10.8. The number of rotatable bonds is 4. The quantitative estimate of drug-likeness (QED) is 0.873. The van der Waals surface area contributed by atoms with E-state index in [0.717, 1.165) is 24.0 Å². The Hall–Kier alpha value is -1.39. The van der Waals surface area contributed by atoms with Crippen LogP contribution in [0.2, 0.25) is 0 Å². The largest absolute Gasteiger partial charge is 0.368 e. The van der Waals surface area contributed by atoms with Gasteiger partial charge in [-0.2, -0.15) is 0 Å². The molecular formula is C14H20N2O2. The molecule has 18 heavy (non-hydrogen) atoms. The number of nitrogens with two attached hydrogens (primary N) is 1. The van der Waals surface area contributed by atoms with Crippen molar-refractivity contribution in [1.29, 1.82) is 0 Å². The number of carbonyl (C=O) groups excluding carboxylic acids is 1. The first-order chi connectivity index (χ1) is 8.72. The van der Waals surface area contributed by atoms with E-state index < -0.39 is 0 Å². The standard InChI is InChI=1S/C14H20N2O2/c1-16(14(17)13-7-4-8-18-13)10-12-6-3-2-5-11(12)9-15/h2-3,5-6,13H,4,7-10,15H2,1H3. The van der Waals surface area contributed by atoms with E-state index in [1.165, 1.54) is 0 Å². The number of hydrogen-bond acceptors (Lipinski definition) is 3. The smallest absolute Gasteiger partial charge is 0.251 e. The van der Waals surface area contributed by atoms with Crippen LogP contribution in [0.1, 0.15) is 24.0 Å². The summed E-state index contributed by atoms with van der Waals surface area (Å²) in [5.74, 6) is 0.0688. The Kier molecular flexibility index (Phi) is 4.33. The Morgan fingerprint density at radius 2 is 2.17 bits per heavy atom. The minimum atomic E-state index is -0.250. The molecule has 1 aromatic carbocycles. The van der Waals surface area contributed by atoms with Crippen molar-refractivity contribution in [2.24, 2.45) is 5.73 Å². The summed E-state index contributed by atoms with van der Waals surface area (Å²) in [4.78, 5) is 13.8. The highest BCUT2D eigenvalue weighted by molar-refractivity contribution is 5.80. The predicted octanol–water partition coefficient (Wildman–Crippen LogP) is 1.28. The molecule has 1 fully saturated rings. The van der Waals surface area contributed by atoms with Crippen molar-refractivity contribution in [3.8, 4) is 0 Å². The minimum Gasteiger partial charge on any atom is -0.368 e. The summed E-state index contributed by atoms with van der Waals surface area (Å²) in [7, 11) is 1.82. The third kappa shape index (κ3) is 2.89. The van der Waals surface area contributed by atoms with Gasteiger partial charge in [0.2, 0.25) is 0 Å². The van der Waals surface area contributed by atoms with E-state index in [2.05, 4.69) is 0 Å². The highest BCUT2D eigenvalue weighted by Crippen LogP contribution is 2.16.